The maximum Gasteiger partial charge on any atom is 0.314 e. The molecule has 5 N–H and O–H groups in total. The zero-order valence-corrected chi connectivity index (χ0v) is 20.7. The molecular weight excluding hydrogens is 460 g/mol. The third-order valence-electron chi connectivity index (χ3n) is 6.84. The number of nitrogens with two attached hydrogens (primary N) is 1. The van der Waals surface area contributed by atoms with Gasteiger partial charge in [-0.1, -0.05) is 35.5 Å². The molecule has 0 radical (unpaired) electrons. The molecule has 4 amide bonds. The van der Waals surface area contributed by atoms with Crippen LogP contribution in [0.15, 0.2) is 35.9 Å². The van der Waals surface area contributed by atoms with E-state index in [2.05, 4.69) is 26.3 Å². The van der Waals surface area contributed by atoms with Crippen molar-refractivity contribution in [2.24, 2.45) is 12.8 Å². The minimum Gasteiger partial charge on any atom is -0.351 e. The number of nitrogens with one attached hydrogen (secondary N) is 3. The van der Waals surface area contributed by atoms with Gasteiger partial charge in [-0.25, -0.2) is 4.79 Å². The van der Waals surface area contributed by atoms with Gasteiger partial charge in [-0.2, -0.15) is 0 Å². The monoisotopic (exact) mass is 494 g/mol. The lowest BCUT2D eigenvalue weighted by Crippen LogP contribution is -2.51. The van der Waals surface area contributed by atoms with E-state index >= 15 is 0 Å². The predicted octanol–water partition coefficient (Wildman–Crippen LogP) is 0.120. The summed E-state index contributed by atoms with van der Waals surface area (Å²) in [6.45, 7) is 0.593. The third-order valence-corrected chi connectivity index (χ3v) is 6.84. The summed E-state index contributed by atoms with van der Waals surface area (Å²) < 4.78 is 1.77. The van der Waals surface area contributed by atoms with Gasteiger partial charge < -0.3 is 26.6 Å². The Labute approximate surface area is 210 Å². The minimum absolute atomic E-state index is 0.231. The fraction of sp³-hybridized carbons (Fsp3) is 0.480. The first kappa shape index (κ1) is 25.4. The van der Waals surface area contributed by atoms with E-state index in [1.807, 2.05) is 43.5 Å². The Bertz CT molecular complexity index is 1130. The molecule has 3 unspecified atom stereocenters. The Hall–Kier alpha value is -3.73. The van der Waals surface area contributed by atoms with Gasteiger partial charge in [0.25, 0.3) is 0 Å². The molecule has 4 rings (SSSR count). The molecule has 192 valence electrons. The quantitative estimate of drug-likeness (QED) is 0.410. The molecule has 1 aromatic heterocycles. The molecule has 1 aliphatic carbocycles. The molecule has 3 atom stereocenters. The molecular formula is C25H34N8O3. The van der Waals surface area contributed by atoms with Crippen molar-refractivity contribution >= 4 is 23.9 Å². The summed E-state index contributed by atoms with van der Waals surface area (Å²) in [5, 5.41) is 16.5. The van der Waals surface area contributed by atoms with Crippen molar-refractivity contribution in [2.75, 3.05) is 20.1 Å². The summed E-state index contributed by atoms with van der Waals surface area (Å²) in [5.74, 6) is -0.543. The number of nitrogens with zero attached hydrogens (tertiary/aromatic N) is 4. The van der Waals surface area contributed by atoms with E-state index in [9.17, 15) is 14.4 Å². The van der Waals surface area contributed by atoms with Crippen LogP contribution in [0.5, 0.6) is 0 Å². The number of likely N-dealkylation sites (tertiary alicyclic amines) is 1. The molecule has 11 nitrogen and oxygen atoms in total. The van der Waals surface area contributed by atoms with E-state index in [1.54, 1.807) is 4.68 Å². The highest BCUT2D eigenvalue weighted by atomic mass is 16.2. The number of fused-ring (bicyclic) bond motifs is 1. The highest BCUT2D eigenvalue weighted by Gasteiger charge is 2.41. The van der Waals surface area contributed by atoms with Gasteiger partial charge in [0.05, 0.1) is 17.8 Å². The third kappa shape index (κ3) is 5.91. The summed E-state index contributed by atoms with van der Waals surface area (Å²) in [6.07, 6.45) is 5.02. The van der Waals surface area contributed by atoms with Crippen molar-refractivity contribution in [1.29, 1.82) is 0 Å². The fourth-order valence-corrected chi connectivity index (χ4v) is 4.79. The number of hydrogen-bond acceptors (Lipinski definition) is 6. The van der Waals surface area contributed by atoms with Crippen LogP contribution >= 0.6 is 0 Å². The largest absolute Gasteiger partial charge is 0.351 e. The van der Waals surface area contributed by atoms with Crippen LogP contribution < -0.4 is 21.7 Å². The summed E-state index contributed by atoms with van der Waals surface area (Å²) in [4.78, 5) is 39.9. The van der Waals surface area contributed by atoms with E-state index < -0.39 is 12.1 Å². The molecule has 2 aliphatic rings. The zero-order valence-electron chi connectivity index (χ0n) is 20.7. The van der Waals surface area contributed by atoms with Crippen molar-refractivity contribution in [1.82, 2.24) is 35.8 Å². The molecule has 1 aliphatic heterocycles. The van der Waals surface area contributed by atoms with E-state index in [0.717, 1.165) is 35.4 Å². The maximum absolute atomic E-state index is 13.3. The molecule has 36 heavy (non-hydrogen) atoms. The van der Waals surface area contributed by atoms with Gasteiger partial charge in [-0.05, 0) is 49.3 Å². The average Bonchev–Trinajstić information content (AvgIpc) is 3.49. The van der Waals surface area contributed by atoms with Gasteiger partial charge in [0.15, 0.2) is 0 Å². The first-order chi connectivity index (χ1) is 17.4. The first-order valence-corrected chi connectivity index (χ1v) is 12.3. The average molecular weight is 495 g/mol. The molecule has 1 saturated heterocycles. The van der Waals surface area contributed by atoms with Crippen LogP contribution in [0.25, 0.3) is 6.08 Å². The second-order valence-electron chi connectivity index (χ2n) is 9.36. The molecule has 0 saturated carbocycles. The van der Waals surface area contributed by atoms with Crippen molar-refractivity contribution in [3.05, 3.63) is 52.9 Å². The van der Waals surface area contributed by atoms with E-state index in [4.69, 9.17) is 5.73 Å². The number of carbonyl (C=O) groups is 3. The number of rotatable bonds is 8. The Balaban J connectivity index is 1.40. The Kier molecular flexibility index (Phi) is 7.99. The van der Waals surface area contributed by atoms with Gasteiger partial charge in [-0.3, -0.25) is 14.3 Å². The number of urea groups is 1. The number of aryl methyl sites for hydroxylation is 2. The Morgan fingerprint density at radius 1 is 1.19 bits per heavy atom. The molecule has 2 aromatic rings. The van der Waals surface area contributed by atoms with E-state index in [0.29, 0.717) is 25.8 Å². The van der Waals surface area contributed by atoms with Crippen molar-refractivity contribution < 1.29 is 14.4 Å². The minimum atomic E-state index is -0.740. The highest BCUT2D eigenvalue weighted by molar-refractivity contribution is 5.91. The Morgan fingerprint density at radius 3 is 2.72 bits per heavy atom. The summed E-state index contributed by atoms with van der Waals surface area (Å²) in [5.41, 5.74) is 10.3. The van der Waals surface area contributed by atoms with Crippen LogP contribution in [-0.2, 0) is 29.5 Å². The lowest BCUT2D eigenvalue weighted by atomic mass is 9.99. The second-order valence-corrected chi connectivity index (χ2v) is 9.36. The van der Waals surface area contributed by atoms with Crippen LogP contribution in [0, 0.1) is 0 Å². The first-order valence-electron chi connectivity index (χ1n) is 12.3. The van der Waals surface area contributed by atoms with Crippen LogP contribution in [-0.4, -0.2) is 76.0 Å². The number of aromatic nitrogens is 3. The zero-order chi connectivity index (χ0) is 25.7. The predicted molar refractivity (Wildman–Crippen MR) is 135 cm³/mol. The van der Waals surface area contributed by atoms with Crippen LogP contribution in [0.4, 0.5) is 4.79 Å². The molecule has 2 heterocycles. The summed E-state index contributed by atoms with van der Waals surface area (Å²) in [7, 11) is 3.39. The van der Waals surface area contributed by atoms with Crippen molar-refractivity contribution in [3.8, 4) is 0 Å². The van der Waals surface area contributed by atoms with E-state index in [-0.39, 0.29) is 30.4 Å². The molecule has 0 spiro atoms. The highest BCUT2D eigenvalue weighted by Crippen LogP contribution is 2.23. The van der Waals surface area contributed by atoms with Gasteiger partial charge in [0, 0.05) is 27.2 Å². The lowest BCUT2D eigenvalue weighted by Gasteiger charge is -2.27. The molecule has 0 bridgehead atoms. The standard InChI is InChI=1S/C25H34N8O3/c1-27-25(36)29-18-13-22(23(34)28-14-17-9-11-21-20(12-17)30-31-32(21)2)33(15-18)24(35)19(26)10-8-16-6-4-3-5-7-16/h3-7,12,18-19,22H,8-11,13-15,26H2,1-2H3,(H,28,34)(H2,27,29,36). The smallest absolute Gasteiger partial charge is 0.314 e. The van der Waals surface area contributed by atoms with Gasteiger partial charge in [0.2, 0.25) is 11.8 Å². The lowest BCUT2D eigenvalue weighted by molar-refractivity contribution is -0.139. The normalized spacial score (nSPS) is 19.8. The SMILES string of the molecule is CNC(=O)NC1CC(C(=O)NCC2=Cc3nnn(C)c3CC2)N(C(=O)C(N)CCc2ccccc2)C1. The second kappa shape index (κ2) is 11.3. The fourth-order valence-electron chi connectivity index (χ4n) is 4.79. The molecule has 1 fully saturated rings. The number of amides is 4. The maximum atomic E-state index is 13.3. The van der Waals surface area contributed by atoms with Crippen LogP contribution in [0.2, 0.25) is 0 Å². The summed E-state index contributed by atoms with van der Waals surface area (Å²) in [6, 6.07) is 7.69. The van der Waals surface area contributed by atoms with Crippen LogP contribution in [0.3, 0.4) is 0 Å². The molecule has 1 aromatic carbocycles. The van der Waals surface area contributed by atoms with Gasteiger partial charge >= 0.3 is 6.03 Å². The topological polar surface area (TPSA) is 147 Å². The van der Waals surface area contributed by atoms with Crippen molar-refractivity contribution in [3.63, 3.8) is 0 Å². The number of carbonyl (C=O) groups excluding carboxylic acids is 3. The van der Waals surface area contributed by atoms with Crippen molar-refractivity contribution in [2.45, 2.75) is 50.2 Å². The van der Waals surface area contributed by atoms with Gasteiger partial charge in [-0.15, -0.1) is 5.10 Å². The summed E-state index contributed by atoms with van der Waals surface area (Å²) >= 11 is 0. The number of benzene rings is 1. The Morgan fingerprint density at radius 2 is 1.97 bits per heavy atom. The van der Waals surface area contributed by atoms with Crippen LogP contribution in [0.1, 0.15) is 36.2 Å². The van der Waals surface area contributed by atoms with E-state index in [1.165, 1.54) is 11.9 Å². The number of hydrogen-bond donors (Lipinski definition) is 4. The molecule has 11 heteroatoms. The van der Waals surface area contributed by atoms with Gasteiger partial charge in [0.1, 0.15) is 11.7 Å².